The maximum atomic E-state index is 5.59. The summed E-state index contributed by atoms with van der Waals surface area (Å²) in [6.07, 6.45) is 0. The predicted molar refractivity (Wildman–Crippen MR) is 29.9 cm³/mol. The van der Waals surface area contributed by atoms with Gasteiger partial charge in [0.15, 0.2) is 0 Å². The molecule has 0 amide bonds. The zero-order valence-electron chi connectivity index (χ0n) is 4.24. The Bertz CT molecular complexity index is 96.3. The Morgan fingerprint density at radius 3 is 2.71 bits per heavy atom. The number of rotatable bonds is 0. The second kappa shape index (κ2) is 1.70. The first kappa shape index (κ1) is 4.91. The number of hydrogen-bond donors (Lipinski definition) is 1. The molecule has 1 aliphatic heterocycles. The van der Waals surface area contributed by atoms with E-state index in [1.165, 1.54) is 0 Å². The van der Waals surface area contributed by atoms with Crippen LogP contribution in [0.4, 0.5) is 0 Å². The molecule has 0 bridgehead atoms. The Hall–Kier alpha value is -0.240. The third kappa shape index (κ3) is 0.855. The van der Waals surface area contributed by atoms with Gasteiger partial charge in [0.25, 0.3) is 0 Å². The second-order valence-corrected chi connectivity index (χ2v) is 2.00. The molecule has 3 heteroatoms. The van der Waals surface area contributed by atoms with Gasteiger partial charge in [-0.1, -0.05) is 0 Å². The lowest BCUT2D eigenvalue weighted by molar-refractivity contribution is -0.484. The van der Waals surface area contributed by atoms with E-state index >= 15 is 0 Å². The van der Waals surface area contributed by atoms with Crippen LogP contribution in [0.1, 0.15) is 0 Å². The molecular weight excluding hydrogens is 112 g/mol. The van der Waals surface area contributed by atoms with Gasteiger partial charge in [0.1, 0.15) is 13.1 Å². The number of nitrogens with zero attached hydrogens (tertiary/aromatic N) is 1. The summed E-state index contributed by atoms with van der Waals surface area (Å²) in [6.45, 7) is 2.01. The Labute approximate surface area is 47.8 Å². The van der Waals surface area contributed by atoms with Crippen molar-refractivity contribution >= 4 is 16.9 Å². The van der Waals surface area contributed by atoms with Crippen LogP contribution in [0.2, 0.25) is 0 Å². The van der Waals surface area contributed by atoms with Crippen LogP contribution in [0.25, 0.3) is 0 Å². The summed E-state index contributed by atoms with van der Waals surface area (Å²) in [5, 5.41) is 3.74. The molecule has 7 heavy (non-hydrogen) atoms. The van der Waals surface area contributed by atoms with Gasteiger partial charge in [0, 0.05) is 11.6 Å². The average molecular weight is 120 g/mol. The average Bonchev–Trinajstić information content (AvgIpc) is 1.91. The first-order valence-corrected chi connectivity index (χ1v) is 2.66. The van der Waals surface area contributed by atoms with Crippen molar-refractivity contribution in [1.82, 2.24) is 5.32 Å². The standard InChI is InChI=1S/C4H7ClN2/c1-7-3-2-6-4(7)5/h2-3H2,1H3/p+1. The molecule has 0 unspecified atom stereocenters. The number of nitrogens with one attached hydrogen (secondary N) is 1. The van der Waals surface area contributed by atoms with Gasteiger partial charge in [0.05, 0.1) is 7.05 Å². The van der Waals surface area contributed by atoms with E-state index in [1.807, 2.05) is 11.6 Å². The van der Waals surface area contributed by atoms with Crippen LogP contribution in [0.5, 0.6) is 0 Å². The van der Waals surface area contributed by atoms with Gasteiger partial charge in [-0.15, -0.1) is 0 Å². The van der Waals surface area contributed by atoms with E-state index in [1.54, 1.807) is 0 Å². The van der Waals surface area contributed by atoms with Gasteiger partial charge in [-0.2, -0.15) is 0 Å². The van der Waals surface area contributed by atoms with E-state index in [0.717, 1.165) is 18.4 Å². The van der Waals surface area contributed by atoms with Crippen LogP contribution in [0.3, 0.4) is 0 Å². The highest BCUT2D eigenvalue weighted by atomic mass is 35.5. The molecule has 0 fully saturated rings. The molecule has 0 aromatic heterocycles. The minimum Gasteiger partial charge on any atom is -0.260 e. The molecule has 2 nitrogen and oxygen atoms in total. The van der Waals surface area contributed by atoms with Crippen molar-refractivity contribution in [3.05, 3.63) is 0 Å². The number of halogens is 1. The van der Waals surface area contributed by atoms with Crippen molar-refractivity contribution < 1.29 is 4.58 Å². The molecule has 0 aliphatic carbocycles. The van der Waals surface area contributed by atoms with Crippen molar-refractivity contribution in [2.24, 2.45) is 0 Å². The maximum absolute atomic E-state index is 5.59. The third-order valence-electron chi connectivity index (χ3n) is 1.05. The van der Waals surface area contributed by atoms with E-state index in [2.05, 4.69) is 5.32 Å². The van der Waals surface area contributed by atoms with E-state index in [0.29, 0.717) is 0 Å². The fraction of sp³-hybridized carbons (Fsp3) is 0.750. The highest BCUT2D eigenvalue weighted by Gasteiger charge is 2.12. The molecule has 1 heterocycles. The summed E-state index contributed by atoms with van der Waals surface area (Å²) in [4.78, 5) is 0. The minimum atomic E-state index is 0.764. The molecule has 1 aliphatic rings. The summed E-state index contributed by atoms with van der Waals surface area (Å²) < 4.78 is 1.97. The van der Waals surface area contributed by atoms with Crippen LogP contribution in [0.15, 0.2) is 0 Å². The SMILES string of the molecule is C[N+]1=C(Cl)NCC1. The first-order valence-electron chi connectivity index (χ1n) is 2.28. The molecule has 0 saturated carbocycles. The molecule has 1 rings (SSSR count). The summed E-state index contributed by atoms with van der Waals surface area (Å²) >= 11 is 5.59. The van der Waals surface area contributed by atoms with Gasteiger partial charge in [-0.3, -0.25) is 9.89 Å². The van der Waals surface area contributed by atoms with E-state index < -0.39 is 0 Å². The lowest BCUT2D eigenvalue weighted by atomic mass is 10.7. The Balaban J connectivity index is 2.64. The zero-order valence-corrected chi connectivity index (χ0v) is 5.00. The molecule has 0 spiro atoms. The van der Waals surface area contributed by atoms with Gasteiger partial charge < -0.3 is 0 Å². The second-order valence-electron chi connectivity index (χ2n) is 1.64. The predicted octanol–water partition coefficient (Wildman–Crippen LogP) is -0.173. The van der Waals surface area contributed by atoms with E-state index in [9.17, 15) is 0 Å². The molecular formula is C4H8ClN2+. The quantitative estimate of drug-likeness (QED) is 0.346. The van der Waals surface area contributed by atoms with Crippen LogP contribution >= 0.6 is 11.6 Å². The van der Waals surface area contributed by atoms with Crippen molar-refractivity contribution in [3.8, 4) is 0 Å². The van der Waals surface area contributed by atoms with E-state index in [4.69, 9.17) is 11.6 Å². The fourth-order valence-corrected chi connectivity index (χ4v) is 0.739. The number of likely N-dealkylation sites (N-methyl/N-ethyl adjacent to an activating group) is 1. The lowest BCUT2D eigenvalue weighted by Crippen LogP contribution is -2.13. The van der Waals surface area contributed by atoms with Gasteiger partial charge in [0.2, 0.25) is 0 Å². The van der Waals surface area contributed by atoms with Crippen LogP contribution < -0.4 is 5.32 Å². The first-order chi connectivity index (χ1) is 3.30. The smallest absolute Gasteiger partial charge is 0.260 e. The summed E-state index contributed by atoms with van der Waals surface area (Å²) in [6, 6.07) is 0. The van der Waals surface area contributed by atoms with Crippen molar-refractivity contribution in [2.75, 3.05) is 20.1 Å². The molecule has 1 N–H and O–H groups in total. The maximum Gasteiger partial charge on any atom is 0.342 e. The van der Waals surface area contributed by atoms with Crippen LogP contribution in [-0.2, 0) is 0 Å². The van der Waals surface area contributed by atoms with E-state index in [-0.39, 0.29) is 0 Å². The number of hydrogen-bond acceptors (Lipinski definition) is 1. The van der Waals surface area contributed by atoms with Crippen molar-refractivity contribution in [1.29, 1.82) is 0 Å². The monoisotopic (exact) mass is 119 g/mol. The lowest BCUT2D eigenvalue weighted by Gasteiger charge is -1.82. The Kier molecular flexibility index (Phi) is 1.19. The Morgan fingerprint density at radius 1 is 1.86 bits per heavy atom. The molecule has 0 radical (unpaired) electrons. The van der Waals surface area contributed by atoms with Crippen LogP contribution in [-0.4, -0.2) is 30.0 Å². The molecule has 0 saturated heterocycles. The third-order valence-corrected chi connectivity index (χ3v) is 1.48. The number of amidine groups is 1. The fourth-order valence-electron chi connectivity index (χ4n) is 0.560. The van der Waals surface area contributed by atoms with Crippen LogP contribution in [0, 0.1) is 0 Å². The zero-order chi connectivity index (χ0) is 5.28. The van der Waals surface area contributed by atoms with Gasteiger partial charge in [-0.05, 0) is 0 Å². The molecule has 0 atom stereocenters. The van der Waals surface area contributed by atoms with Gasteiger partial charge in [-0.25, -0.2) is 0 Å². The molecule has 0 aromatic rings. The Morgan fingerprint density at radius 2 is 2.57 bits per heavy atom. The van der Waals surface area contributed by atoms with Crippen molar-refractivity contribution in [3.63, 3.8) is 0 Å². The highest BCUT2D eigenvalue weighted by Crippen LogP contribution is 1.85. The van der Waals surface area contributed by atoms with Crippen molar-refractivity contribution in [2.45, 2.75) is 0 Å². The summed E-state index contributed by atoms with van der Waals surface area (Å²) in [5.74, 6) is 0. The minimum absolute atomic E-state index is 0.764. The van der Waals surface area contributed by atoms with Gasteiger partial charge >= 0.3 is 5.29 Å². The molecule has 0 aromatic carbocycles. The topological polar surface area (TPSA) is 15.0 Å². The largest absolute Gasteiger partial charge is 0.342 e. The highest BCUT2D eigenvalue weighted by molar-refractivity contribution is 6.63. The normalized spacial score (nSPS) is 20.3. The summed E-state index contributed by atoms with van der Waals surface area (Å²) in [5.41, 5.74) is 0. The molecule has 40 valence electrons. The summed E-state index contributed by atoms with van der Waals surface area (Å²) in [7, 11) is 1.96.